The number of halogens is 1. The summed E-state index contributed by atoms with van der Waals surface area (Å²) in [5.74, 6) is -1.13. The van der Waals surface area contributed by atoms with Crippen molar-refractivity contribution in [2.45, 2.75) is 38.1 Å². The molecule has 0 radical (unpaired) electrons. The number of nitrogens with zero attached hydrogens (tertiary/aromatic N) is 1. The van der Waals surface area contributed by atoms with Gasteiger partial charge in [0.05, 0.1) is 0 Å². The number of rotatable bonds is 5. The van der Waals surface area contributed by atoms with Crippen molar-refractivity contribution in [1.29, 1.82) is 0 Å². The smallest absolute Gasteiger partial charge is 0.341 e. The number of nitrogens with one attached hydrogen (secondary N) is 1. The number of carbonyl (C=O) groups is 3. The van der Waals surface area contributed by atoms with E-state index in [0.29, 0.717) is 11.3 Å². The van der Waals surface area contributed by atoms with Gasteiger partial charge in [-0.3, -0.25) is 9.69 Å². The number of ether oxygens (including phenoxy) is 1. The number of imide groups is 1. The van der Waals surface area contributed by atoms with Crippen LogP contribution in [0.25, 0.3) is 6.08 Å². The molecule has 1 aromatic rings. The van der Waals surface area contributed by atoms with Crippen LogP contribution in [0.2, 0.25) is 0 Å². The van der Waals surface area contributed by atoms with Gasteiger partial charge >= 0.3 is 12.0 Å². The number of amides is 3. The minimum atomic E-state index is -1.10. The molecule has 26 heavy (non-hydrogen) atoms. The quantitative estimate of drug-likeness (QED) is 0.561. The number of carbonyl (C=O) groups excluding carboxylic acids is 2. The monoisotopic (exact) mass is 422 g/mol. The standard InChI is InChI=1S/C18H19BrN2O5/c19-12-6-7-15(26-10-16(22)23)11(8-12)9-14-17(24)21(18(25)20-14)13-4-2-1-3-5-13/h6-9,13H,1-5,10H2,(H,20,25)(H,22,23)/b14-9-. The number of urea groups is 1. The van der Waals surface area contributed by atoms with Crippen LogP contribution in [0.15, 0.2) is 28.4 Å². The SMILES string of the molecule is O=C(O)COc1ccc(Br)cc1/C=C1\NC(=O)N(C2CCCCC2)C1=O. The average Bonchev–Trinajstić information content (AvgIpc) is 2.88. The van der Waals surface area contributed by atoms with E-state index in [9.17, 15) is 14.4 Å². The molecule has 1 aromatic carbocycles. The molecule has 2 aliphatic rings. The van der Waals surface area contributed by atoms with Gasteiger partial charge in [-0.2, -0.15) is 0 Å². The minimum absolute atomic E-state index is 0.0626. The van der Waals surface area contributed by atoms with Gasteiger partial charge in [0.2, 0.25) is 0 Å². The van der Waals surface area contributed by atoms with Gasteiger partial charge in [-0.25, -0.2) is 9.59 Å². The van der Waals surface area contributed by atoms with Gasteiger partial charge in [0.15, 0.2) is 6.61 Å². The lowest BCUT2D eigenvalue weighted by atomic mass is 9.94. The molecule has 7 nitrogen and oxygen atoms in total. The largest absolute Gasteiger partial charge is 0.481 e. The summed E-state index contributed by atoms with van der Waals surface area (Å²) >= 11 is 3.34. The zero-order valence-electron chi connectivity index (χ0n) is 14.0. The van der Waals surface area contributed by atoms with E-state index in [1.165, 1.54) is 11.0 Å². The highest BCUT2D eigenvalue weighted by Gasteiger charge is 2.39. The van der Waals surface area contributed by atoms with Crippen LogP contribution >= 0.6 is 15.9 Å². The first-order valence-electron chi connectivity index (χ1n) is 8.46. The Labute approximate surface area is 159 Å². The summed E-state index contributed by atoms with van der Waals surface area (Å²) in [6.45, 7) is -0.494. The number of carboxylic acid groups (broad SMARTS) is 1. The predicted molar refractivity (Wildman–Crippen MR) is 97.5 cm³/mol. The molecule has 1 saturated heterocycles. The third-order valence-electron chi connectivity index (χ3n) is 4.47. The van der Waals surface area contributed by atoms with Crippen molar-refractivity contribution in [2.24, 2.45) is 0 Å². The van der Waals surface area contributed by atoms with Gasteiger partial charge in [-0.05, 0) is 37.1 Å². The molecule has 1 aliphatic carbocycles. The van der Waals surface area contributed by atoms with Crippen molar-refractivity contribution in [2.75, 3.05) is 6.61 Å². The third-order valence-corrected chi connectivity index (χ3v) is 4.97. The number of benzene rings is 1. The fourth-order valence-corrected chi connectivity index (χ4v) is 3.66. The van der Waals surface area contributed by atoms with Crippen LogP contribution in [-0.2, 0) is 9.59 Å². The van der Waals surface area contributed by atoms with E-state index in [0.717, 1.165) is 36.6 Å². The van der Waals surface area contributed by atoms with Crippen LogP contribution in [0, 0.1) is 0 Å². The van der Waals surface area contributed by atoms with E-state index >= 15 is 0 Å². The summed E-state index contributed by atoms with van der Waals surface area (Å²) in [6, 6.07) is 4.55. The molecular weight excluding hydrogens is 404 g/mol. The van der Waals surface area contributed by atoms with E-state index in [2.05, 4.69) is 21.2 Å². The molecule has 2 N–H and O–H groups in total. The molecule has 0 atom stereocenters. The number of hydrogen-bond donors (Lipinski definition) is 2. The average molecular weight is 423 g/mol. The van der Waals surface area contributed by atoms with Crippen molar-refractivity contribution in [3.05, 3.63) is 33.9 Å². The lowest BCUT2D eigenvalue weighted by Gasteiger charge is -2.28. The van der Waals surface area contributed by atoms with Gasteiger partial charge in [0.25, 0.3) is 5.91 Å². The fourth-order valence-electron chi connectivity index (χ4n) is 3.28. The van der Waals surface area contributed by atoms with Crippen molar-refractivity contribution in [3.8, 4) is 5.75 Å². The Hall–Kier alpha value is -2.35. The number of carboxylic acids is 1. The van der Waals surface area contributed by atoms with Gasteiger partial charge in [0.1, 0.15) is 11.4 Å². The van der Waals surface area contributed by atoms with Crippen LogP contribution < -0.4 is 10.1 Å². The molecule has 0 bridgehead atoms. The van der Waals surface area contributed by atoms with Crippen LogP contribution in [0.5, 0.6) is 5.75 Å². The zero-order valence-corrected chi connectivity index (χ0v) is 15.6. The van der Waals surface area contributed by atoms with Crippen LogP contribution in [0.3, 0.4) is 0 Å². The molecule has 1 heterocycles. The predicted octanol–water partition coefficient (Wildman–Crippen LogP) is 3.14. The molecule has 138 valence electrons. The second-order valence-electron chi connectivity index (χ2n) is 6.32. The topological polar surface area (TPSA) is 95.9 Å². The van der Waals surface area contributed by atoms with Gasteiger partial charge < -0.3 is 15.2 Å². The Balaban J connectivity index is 1.85. The number of aliphatic carboxylic acids is 1. The molecule has 1 aliphatic heterocycles. The van der Waals surface area contributed by atoms with Gasteiger partial charge in [-0.1, -0.05) is 35.2 Å². The normalized spacial score (nSPS) is 19.7. The summed E-state index contributed by atoms with van der Waals surface area (Å²) < 4.78 is 6.01. The molecule has 0 spiro atoms. The second kappa shape index (κ2) is 7.90. The highest BCUT2D eigenvalue weighted by molar-refractivity contribution is 9.10. The molecule has 0 aromatic heterocycles. The van der Waals surface area contributed by atoms with E-state index < -0.39 is 18.6 Å². The number of hydrogen-bond acceptors (Lipinski definition) is 4. The Morgan fingerprint density at radius 2 is 2.04 bits per heavy atom. The Morgan fingerprint density at radius 1 is 1.31 bits per heavy atom. The van der Waals surface area contributed by atoms with Crippen molar-refractivity contribution < 1.29 is 24.2 Å². The fraction of sp³-hybridized carbons (Fsp3) is 0.389. The highest BCUT2D eigenvalue weighted by atomic mass is 79.9. The van der Waals surface area contributed by atoms with E-state index in [1.807, 2.05) is 0 Å². The summed E-state index contributed by atoms with van der Waals surface area (Å²) in [5, 5.41) is 11.4. The van der Waals surface area contributed by atoms with Gasteiger partial charge in [-0.15, -0.1) is 0 Å². The Bertz CT molecular complexity index is 771. The maximum Gasteiger partial charge on any atom is 0.341 e. The molecule has 3 amide bonds. The first kappa shape index (κ1) is 18.4. The highest BCUT2D eigenvalue weighted by Crippen LogP contribution is 2.29. The summed E-state index contributed by atoms with van der Waals surface area (Å²) in [6.07, 6.45) is 6.34. The lowest BCUT2D eigenvalue weighted by molar-refractivity contribution is -0.139. The maximum atomic E-state index is 12.7. The summed E-state index contributed by atoms with van der Waals surface area (Å²) in [4.78, 5) is 37.0. The van der Waals surface area contributed by atoms with Crippen LogP contribution in [-0.4, -0.2) is 40.6 Å². The van der Waals surface area contributed by atoms with Crippen LogP contribution in [0.1, 0.15) is 37.7 Å². The molecule has 8 heteroatoms. The summed E-state index contributed by atoms with van der Waals surface area (Å²) in [7, 11) is 0. The minimum Gasteiger partial charge on any atom is -0.481 e. The van der Waals surface area contributed by atoms with Gasteiger partial charge in [0, 0.05) is 16.1 Å². The first-order valence-corrected chi connectivity index (χ1v) is 9.25. The molecule has 3 rings (SSSR count). The van der Waals surface area contributed by atoms with E-state index in [1.54, 1.807) is 18.2 Å². The van der Waals surface area contributed by atoms with Crippen molar-refractivity contribution in [3.63, 3.8) is 0 Å². The molecule has 2 fully saturated rings. The van der Waals surface area contributed by atoms with E-state index in [4.69, 9.17) is 9.84 Å². The first-order chi connectivity index (χ1) is 12.5. The van der Waals surface area contributed by atoms with Crippen molar-refractivity contribution >= 4 is 39.9 Å². The third kappa shape index (κ3) is 4.07. The van der Waals surface area contributed by atoms with Crippen LogP contribution in [0.4, 0.5) is 4.79 Å². The molecule has 0 unspecified atom stereocenters. The molecular formula is C18H19BrN2O5. The lowest BCUT2D eigenvalue weighted by Crippen LogP contribution is -2.41. The Kier molecular flexibility index (Phi) is 5.61. The second-order valence-corrected chi connectivity index (χ2v) is 7.24. The maximum absolute atomic E-state index is 12.7. The molecule has 1 saturated carbocycles. The Morgan fingerprint density at radius 3 is 2.73 bits per heavy atom. The van der Waals surface area contributed by atoms with Crippen molar-refractivity contribution in [1.82, 2.24) is 10.2 Å². The zero-order chi connectivity index (χ0) is 18.7. The van der Waals surface area contributed by atoms with E-state index in [-0.39, 0.29) is 17.6 Å². The summed E-state index contributed by atoms with van der Waals surface area (Å²) in [5.41, 5.74) is 0.675.